The van der Waals surface area contributed by atoms with Gasteiger partial charge in [-0.2, -0.15) is 0 Å². The lowest BCUT2D eigenvalue weighted by Gasteiger charge is -2.21. The summed E-state index contributed by atoms with van der Waals surface area (Å²) >= 11 is 0. The largest absolute Gasteiger partial charge is 0.494 e. The molecule has 0 radical (unpaired) electrons. The van der Waals surface area contributed by atoms with E-state index in [0.29, 0.717) is 40.0 Å². The average molecular weight is 539 g/mol. The number of furan rings is 1. The highest BCUT2D eigenvalue weighted by atomic mass is 32.2. The summed E-state index contributed by atoms with van der Waals surface area (Å²) in [4.78, 5) is 4.24. The van der Waals surface area contributed by atoms with E-state index >= 15 is 0 Å². The molecule has 0 saturated heterocycles. The van der Waals surface area contributed by atoms with E-state index < -0.39 is 21.4 Å². The lowest BCUT2D eigenvalue weighted by atomic mass is 10.2. The van der Waals surface area contributed by atoms with Crippen LogP contribution in [0.25, 0.3) is 22.9 Å². The molecule has 2 N–H and O–H groups in total. The van der Waals surface area contributed by atoms with Crippen LogP contribution in [0, 0.1) is 6.92 Å². The first-order valence-corrected chi connectivity index (χ1v) is 13.1. The number of fused-ring (bicyclic) bond motifs is 1. The van der Waals surface area contributed by atoms with Crippen molar-refractivity contribution in [1.29, 1.82) is 0 Å². The van der Waals surface area contributed by atoms with Crippen LogP contribution in [0.5, 0.6) is 11.5 Å². The highest BCUT2D eigenvalue weighted by molar-refractivity contribution is 7.93. The smallest absolute Gasteiger partial charge is 0.243 e. The molecule has 0 amide bonds. The third-order valence-corrected chi connectivity index (χ3v) is 7.87. The second-order valence-corrected chi connectivity index (χ2v) is 10.6. The Hall–Kier alpha value is -4.36. The van der Waals surface area contributed by atoms with Gasteiger partial charge >= 0.3 is 0 Å². The molecule has 198 valence electrons. The highest BCUT2D eigenvalue weighted by Crippen LogP contribution is 2.38. The quantitative estimate of drug-likeness (QED) is 0.288. The Kier molecular flexibility index (Phi) is 6.55. The lowest BCUT2D eigenvalue weighted by Crippen LogP contribution is -2.32. The molecule has 4 aromatic heterocycles. The second kappa shape index (κ2) is 9.84. The normalized spacial score (nSPS) is 13.4. The molecule has 1 aromatic carbocycles. The number of imidazole rings is 1. The summed E-state index contributed by atoms with van der Waals surface area (Å²) in [6, 6.07) is 13.9. The van der Waals surface area contributed by atoms with E-state index in [2.05, 4.69) is 19.9 Å². The summed E-state index contributed by atoms with van der Waals surface area (Å²) in [5, 5.41) is 18.1. The minimum Gasteiger partial charge on any atom is -0.494 e. The zero-order valence-electron chi connectivity index (χ0n) is 21.1. The Labute approximate surface area is 218 Å². The van der Waals surface area contributed by atoms with Crippen molar-refractivity contribution in [3.63, 3.8) is 0 Å². The summed E-state index contributed by atoms with van der Waals surface area (Å²) in [6.45, 7) is 3.18. The molecule has 0 bridgehead atoms. The third kappa shape index (κ3) is 4.35. The minimum absolute atomic E-state index is 0.144. The Morgan fingerprint density at radius 3 is 2.42 bits per heavy atom. The maximum atomic E-state index is 13.5. The first-order valence-electron chi connectivity index (χ1n) is 11.6. The van der Waals surface area contributed by atoms with Gasteiger partial charge in [0.05, 0.1) is 26.1 Å². The van der Waals surface area contributed by atoms with Gasteiger partial charge in [0.2, 0.25) is 21.8 Å². The Bertz CT molecular complexity index is 1680. The van der Waals surface area contributed by atoms with Crippen molar-refractivity contribution < 1.29 is 27.4 Å². The molecular formula is C25H26N6O6S. The van der Waals surface area contributed by atoms with Gasteiger partial charge in [0, 0.05) is 6.20 Å². The van der Waals surface area contributed by atoms with Crippen molar-refractivity contribution in [3.05, 3.63) is 72.4 Å². The van der Waals surface area contributed by atoms with Crippen molar-refractivity contribution in [1.82, 2.24) is 24.1 Å². The maximum Gasteiger partial charge on any atom is 0.243 e. The molecule has 0 aliphatic carbocycles. The molecule has 0 fully saturated rings. The number of nitrogens with zero attached hydrogens (tertiary/aromatic N) is 5. The molecule has 13 heteroatoms. The van der Waals surface area contributed by atoms with Crippen LogP contribution in [0.4, 0.5) is 5.95 Å². The van der Waals surface area contributed by atoms with Crippen LogP contribution in [0.1, 0.15) is 24.5 Å². The van der Waals surface area contributed by atoms with E-state index in [1.54, 1.807) is 66.1 Å². The molecule has 0 aliphatic rings. The maximum absolute atomic E-state index is 13.5. The van der Waals surface area contributed by atoms with E-state index in [-0.39, 0.29) is 11.8 Å². The van der Waals surface area contributed by atoms with Crippen LogP contribution in [0.3, 0.4) is 0 Å². The fourth-order valence-corrected chi connectivity index (χ4v) is 5.18. The van der Waals surface area contributed by atoms with Crippen molar-refractivity contribution in [2.24, 2.45) is 0 Å². The third-order valence-electron chi connectivity index (χ3n) is 6.17. The fraction of sp³-hybridized carbons (Fsp3) is 0.240. The molecule has 5 aromatic rings. The number of sulfonamides is 1. The number of benzene rings is 1. The predicted molar refractivity (Wildman–Crippen MR) is 139 cm³/mol. The van der Waals surface area contributed by atoms with Crippen LogP contribution >= 0.6 is 0 Å². The van der Waals surface area contributed by atoms with Gasteiger partial charge in [-0.05, 0) is 50.2 Å². The van der Waals surface area contributed by atoms with Crippen LogP contribution in [0.15, 0.2) is 65.3 Å². The monoisotopic (exact) mass is 538 g/mol. The molecule has 0 spiro atoms. The summed E-state index contributed by atoms with van der Waals surface area (Å²) in [5.41, 5.74) is 1.28. The number of para-hydroxylation sites is 1. The number of hydrogen-bond donors (Lipinski definition) is 2. The number of aryl methyl sites for hydroxylation is 1. The Morgan fingerprint density at radius 1 is 1.03 bits per heavy atom. The summed E-state index contributed by atoms with van der Waals surface area (Å²) in [7, 11) is -1.25. The van der Waals surface area contributed by atoms with Crippen molar-refractivity contribution in [3.8, 4) is 28.8 Å². The molecule has 4 heterocycles. The molecule has 2 atom stereocenters. The van der Waals surface area contributed by atoms with Gasteiger partial charge < -0.3 is 23.4 Å². The summed E-state index contributed by atoms with van der Waals surface area (Å²) < 4.78 is 49.5. The van der Waals surface area contributed by atoms with Crippen molar-refractivity contribution >= 4 is 21.6 Å². The zero-order valence-corrected chi connectivity index (χ0v) is 21.9. The molecule has 0 saturated carbocycles. The Morgan fingerprint density at radius 2 is 1.76 bits per heavy atom. The number of rotatable bonds is 9. The Balaban J connectivity index is 1.59. The van der Waals surface area contributed by atoms with Gasteiger partial charge in [0.15, 0.2) is 5.76 Å². The van der Waals surface area contributed by atoms with E-state index in [1.807, 2.05) is 0 Å². The number of aliphatic hydroxyl groups is 1. The standard InChI is InChI=1S/C25H26N6O6S/c1-15-11-12-20(37-15)24-27-28-25(31(24)22-18(35-3)8-7-9-19(22)36-4)29-38(33,34)16(2)23(32)17-14-26-21-10-5-6-13-30(17)21/h5-14,16,23,32H,1-4H3,(H,28,29)/t16-,23-/m0/s1. The van der Waals surface area contributed by atoms with Crippen LogP contribution in [0.2, 0.25) is 0 Å². The van der Waals surface area contributed by atoms with Crippen molar-refractivity contribution in [2.75, 3.05) is 18.9 Å². The first kappa shape index (κ1) is 25.3. The van der Waals surface area contributed by atoms with E-state index in [0.717, 1.165) is 0 Å². The topological polar surface area (TPSA) is 146 Å². The highest BCUT2D eigenvalue weighted by Gasteiger charge is 2.34. The summed E-state index contributed by atoms with van der Waals surface area (Å²) in [5.74, 6) is 1.82. The second-order valence-electron chi connectivity index (χ2n) is 8.51. The number of aliphatic hydroxyl groups excluding tert-OH is 1. The van der Waals surface area contributed by atoms with Crippen LogP contribution in [-0.4, -0.2) is 57.1 Å². The van der Waals surface area contributed by atoms with Gasteiger partial charge in [0.1, 0.15) is 39.9 Å². The van der Waals surface area contributed by atoms with E-state index in [4.69, 9.17) is 13.9 Å². The van der Waals surface area contributed by atoms with E-state index in [9.17, 15) is 13.5 Å². The van der Waals surface area contributed by atoms with Crippen LogP contribution < -0.4 is 14.2 Å². The van der Waals surface area contributed by atoms with E-state index in [1.165, 1.54) is 31.9 Å². The molecule has 12 nitrogen and oxygen atoms in total. The average Bonchev–Trinajstić information content (AvgIpc) is 3.65. The van der Waals surface area contributed by atoms with Gasteiger partial charge in [-0.15, -0.1) is 10.2 Å². The van der Waals surface area contributed by atoms with Gasteiger partial charge in [-0.3, -0.25) is 9.29 Å². The SMILES string of the molecule is COc1cccc(OC)c1-n1c(NS(=O)(=O)[C@@H](C)[C@H](O)c2cnc3ccccn23)nnc1-c1ccc(C)o1. The number of anilines is 1. The molecule has 5 rings (SSSR count). The zero-order chi connectivity index (χ0) is 27.0. The number of nitrogens with one attached hydrogen (secondary N) is 1. The summed E-state index contributed by atoms with van der Waals surface area (Å²) in [6.07, 6.45) is 1.76. The molecule has 38 heavy (non-hydrogen) atoms. The molecule has 0 unspecified atom stereocenters. The number of methoxy groups -OCH3 is 2. The molecule has 0 aliphatic heterocycles. The first-order chi connectivity index (χ1) is 18.2. The van der Waals surface area contributed by atoms with Gasteiger partial charge in [-0.25, -0.2) is 13.4 Å². The lowest BCUT2D eigenvalue weighted by molar-refractivity contribution is 0.170. The number of ether oxygens (including phenoxy) is 2. The van der Waals surface area contributed by atoms with Crippen LogP contribution in [-0.2, 0) is 10.0 Å². The predicted octanol–water partition coefficient (Wildman–Crippen LogP) is 3.36. The molecular weight excluding hydrogens is 512 g/mol. The van der Waals surface area contributed by atoms with Crippen molar-refractivity contribution in [2.45, 2.75) is 25.2 Å². The fourth-order valence-electron chi connectivity index (χ4n) is 4.13. The minimum atomic E-state index is -4.22. The number of pyridine rings is 1. The number of aromatic nitrogens is 5. The van der Waals surface area contributed by atoms with Gasteiger partial charge in [0.25, 0.3) is 0 Å². The van der Waals surface area contributed by atoms with Gasteiger partial charge in [-0.1, -0.05) is 12.1 Å². The number of hydrogen-bond acceptors (Lipinski definition) is 9.